The average Bonchev–Trinajstić information content (AvgIpc) is 3.07. The summed E-state index contributed by atoms with van der Waals surface area (Å²) in [6.45, 7) is 3.95. The topological polar surface area (TPSA) is 79.1 Å². The molecule has 0 spiro atoms. The van der Waals surface area contributed by atoms with E-state index < -0.39 is 5.97 Å². The third-order valence-electron chi connectivity index (χ3n) is 3.52. The number of rotatable bonds is 5. The first-order valence-electron chi connectivity index (χ1n) is 7.84. The molecule has 25 heavy (non-hydrogen) atoms. The summed E-state index contributed by atoms with van der Waals surface area (Å²) in [7, 11) is 1.55. The van der Waals surface area contributed by atoms with E-state index in [1.807, 2.05) is 31.2 Å². The van der Waals surface area contributed by atoms with Gasteiger partial charge < -0.3 is 9.47 Å². The maximum atomic E-state index is 12.1. The third kappa shape index (κ3) is 3.50. The van der Waals surface area contributed by atoms with Gasteiger partial charge in [0.15, 0.2) is 5.69 Å². The fourth-order valence-electron chi connectivity index (χ4n) is 2.37. The maximum absolute atomic E-state index is 12.1. The summed E-state index contributed by atoms with van der Waals surface area (Å²) in [6.07, 6.45) is 1.63. The summed E-state index contributed by atoms with van der Waals surface area (Å²) in [6, 6.07) is 10.9. The maximum Gasteiger partial charge on any atom is 0.358 e. The number of hydrogen-bond acceptors (Lipinski definition) is 6. The molecule has 3 heterocycles. The number of nitrogens with zero attached hydrogens (tertiary/aromatic N) is 4. The van der Waals surface area contributed by atoms with Gasteiger partial charge in [0.05, 0.1) is 37.0 Å². The minimum absolute atomic E-state index is 0.218. The van der Waals surface area contributed by atoms with Crippen LogP contribution in [0.25, 0.3) is 17.1 Å². The summed E-state index contributed by atoms with van der Waals surface area (Å²) in [5.41, 5.74) is 3.17. The van der Waals surface area contributed by atoms with Crippen LogP contribution >= 0.6 is 0 Å². The lowest BCUT2D eigenvalue weighted by Gasteiger charge is -2.07. The Labute approximate surface area is 145 Å². The number of esters is 1. The first-order valence-corrected chi connectivity index (χ1v) is 7.84. The van der Waals surface area contributed by atoms with Crippen LogP contribution in [0.2, 0.25) is 0 Å². The minimum atomic E-state index is -0.475. The molecule has 0 amide bonds. The number of pyridine rings is 2. The zero-order valence-electron chi connectivity index (χ0n) is 14.3. The summed E-state index contributed by atoms with van der Waals surface area (Å²) < 4.78 is 11.8. The van der Waals surface area contributed by atoms with E-state index in [1.54, 1.807) is 37.0 Å². The van der Waals surface area contributed by atoms with Crippen molar-refractivity contribution in [1.29, 1.82) is 0 Å². The molecule has 0 unspecified atom stereocenters. The van der Waals surface area contributed by atoms with Gasteiger partial charge in [-0.1, -0.05) is 6.07 Å². The monoisotopic (exact) mass is 338 g/mol. The molecular formula is C18H18N4O3. The van der Waals surface area contributed by atoms with Crippen molar-refractivity contribution >= 4 is 5.97 Å². The molecule has 128 valence electrons. The predicted molar refractivity (Wildman–Crippen MR) is 91.8 cm³/mol. The van der Waals surface area contributed by atoms with E-state index in [-0.39, 0.29) is 12.3 Å². The summed E-state index contributed by atoms with van der Waals surface area (Å²) in [5.74, 6) is 0.0216. The molecule has 3 aromatic heterocycles. The normalized spacial score (nSPS) is 10.5. The Morgan fingerprint density at radius 3 is 2.72 bits per heavy atom. The molecule has 0 aliphatic rings. The van der Waals surface area contributed by atoms with Gasteiger partial charge in [-0.15, -0.1) is 0 Å². The van der Waals surface area contributed by atoms with Gasteiger partial charge in [0, 0.05) is 17.8 Å². The van der Waals surface area contributed by atoms with Gasteiger partial charge >= 0.3 is 5.97 Å². The lowest BCUT2D eigenvalue weighted by Crippen LogP contribution is -2.07. The Hall–Kier alpha value is -3.22. The number of ether oxygens (including phenoxy) is 2. The second-order valence-electron chi connectivity index (χ2n) is 5.27. The van der Waals surface area contributed by atoms with Crippen LogP contribution in [0.4, 0.5) is 0 Å². The minimum Gasteiger partial charge on any atom is -0.481 e. The Balaban J connectivity index is 2.12. The number of hydrogen-bond donors (Lipinski definition) is 0. The third-order valence-corrected chi connectivity index (χ3v) is 3.52. The Bertz CT molecular complexity index is 888. The molecule has 0 bridgehead atoms. The van der Waals surface area contributed by atoms with E-state index in [4.69, 9.17) is 9.47 Å². The first-order chi connectivity index (χ1) is 12.1. The Morgan fingerprint density at radius 2 is 2.08 bits per heavy atom. The molecular weight excluding hydrogens is 320 g/mol. The fourth-order valence-corrected chi connectivity index (χ4v) is 2.37. The smallest absolute Gasteiger partial charge is 0.358 e. The van der Waals surface area contributed by atoms with Gasteiger partial charge in [0.1, 0.15) is 0 Å². The van der Waals surface area contributed by atoms with E-state index in [1.165, 1.54) is 0 Å². The van der Waals surface area contributed by atoms with Crippen LogP contribution in [0.5, 0.6) is 5.88 Å². The van der Waals surface area contributed by atoms with Crippen LogP contribution in [0.3, 0.4) is 0 Å². The van der Waals surface area contributed by atoms with Crippen molar-refractivity contribution in [1.82, 2.24) is 19.7 Å². The lowest BCUT2D eigenvalue weighted by atomic mass is 10.2. The highest BCUT2D eigenvalue weighted by Gasteiger charge is 2.18. The van der Waals surface area contributed by atoms with Crippen molar-refractivity contribution in [2.45, 2.75) is 13.8 Å². The van der Waals surface area contributed by atoms with Crippen molar-refractivity contribution in [3.63, 3.8) is 0 Å². The molecule has 0 saturated heterocycles. The van der Waals surface area contributed by atoms with Gasteiger partial charge in [-0.25, -0.2) is 14.5 Å². The molecule has 7 heteroatoms. The molecule has 0 aromatic carbocycles. The standard InChI is InChI=1S/C18H18N4O3/c1-4-25-18(23)15-10-16(14-7-5-6-12(2)20-14)22(21-15)13-8-9-17(24-3)19-11-13/h5-11H,4H2,1-3H3. The average molecular weight is 338 g/mol. The second kappa shape index (κ2) is 7.12. The summed E-state index contributed by atoms with van der Waals surface area (Å²) >= 11 is 0. The highest BCUT2D eigenvalue weighted by atomic mass is 16.5. The van der Waals surface area contributed by atoms with E-state index in [0.29, 0.717) is 23.0 Å². The van der Waals surface area contributed by atoms with Gasteiger partial charge in [-0.2, -0.15) is 5.10 Å². The van der Waals surface area contributed by atoms with Crippen LogP contribution in [0.1, 0.15) is 23.1 Å². The largest absolute Gasteiger partial charge is 0.481 e. The van der Waals surface area contributed by atoms with Gasteiger partial charge in [0.25, 0.3) is 0 Å². The Morgan fingerprint density at radius 1 is 1.24 bits per heavy atom. The van der Waals surface area contributed by atoms with Crippen molar-refractivity contribution in [3.8, 4) is 23.0 Å². The highest BCUT2D eigenvalue weighted by molar-refractivity contribution is 5.88. The van der Waals surface area contributed by atoms with E-state index in [9.17, 15) is 4.79 Å². The number of carbonyl (C=O) groups is 1. The van der Waals surface area contributed by atoms with Crippen molar-refractivity contribution in [2.75, 3.05) is 13.7 Å². The van der Waals surface area contributed by atoms with Crippen LogP contribution in [0, 0.1) is 6.92 Å². The van der Waals surface area contributed by atoms with Crippen LogP contribution in [0.15, 0.2) is 42.6 Å². The van der Waals surface area contributed by atoms with Crippen LogP contribution in [-0.2, 0) is 4.74 Å². The fraction of sp³-hybridized carbons (Fsp3) is 0.222. The van der Waals surface area contributed by atoms with Gasteiger partial charge in [-0.05, 0) is 32.0 Å². The molecule has 3 rings (SSSR count). The summed E-state index contributed by atoms with van der Waals surface area (Å²) in [4.78, 5) is 20.8. The molecule has 0 fully saturated rings. The van der Waals surface area contributed by atoms with E-state index in [2.05, 4.69) is 15.1 Å². The number of methoxy groups -OCH3 is 1. The molecule has 3 aromatic rings. The zero-order valence-corrected chi connectivity index (χ0v) is 14.3. The van der Waals surface area contributed by atoms with Gasteiger partial charge in [0.2, 0.25) is 5.88 Å². The molecule has 0 aliphatic carbocycles. The number of aryl methyl sites for hydroxylation is 1. The molecule has 0 N–H and O–H groups in total. The molecule has 7 nitrogen and oxygen atoms in total. The first kappa shape index (κ1) is 16.6. The van der Waals surface area contributed by atoms with Crippen molar-refractivity contribution < 1.29 is 14.3 Å². The zero-order chi connectivity index (χ0) is 17.8. The number of carbonyl (C=O) groups excluding carboxylic acids is 1. The van der Waals surface area contributed by atoms with Crippen LogP contribution in [-0.4, -0.2) is 39.4 Å². The van der Waals surface area contributed by atoms with E-state index in [0.717, 1.165) is 5.69 Å². The SMILES string of the molecule is CCOC(=O)c1cc(-c2cccc(C)n2)n(-c2ccc(OC)nc2)n1. The van der Waals surface area contributed by atoms with Crippen molar-refractivity contribution in [2.24, 2.45) is 0 Å². The molecule has 0 saturated carbocycles. The predicted octanol–water partition coefficient (Wildman–Crippen LogP) is 2.82. The second-order valence-corrected chi connectivity index (χ2v) is 5.27. The molecule has 0 aliphatic heterocycles. The summed E-state index contributed by atoms with van der Waals surface area (Å²) in [5, 5.41) is 4.38. The molecule has 0 radical (unpaired) electrons. The quantitative estimate of drug-likeness (QED) is 0.666. The van der Waals surface area contributed by atoms with Crippen molar-refractivity contribution in [3.05, 3.63) is 54.0 Å². The Kier molecular flexibility index (Phi) is 4.74. The highest BCUT2D eigenvalue weighted by Crippen LogP contribution is 2.23. The molecule has 0 atom stereocenters. The van der Waals surface area contributed by atoms with Gasteiger partial charge in [-0.3, -0.25) is 4.98 Å². The van der Waals surface area contributed by atoms with Crippen LogP contribution < -0.4 is 4.74 Å². The number of aromatic nitrogens is 4. The van der Waals surface area contributed by atoms with E-state index >= 15 is 0 Å². The lowest BCUT2D eigenvalue weighted by molar-refractivity contribution is 0.0519.